The van der Waals surface area contributed by atoms with Crippen LogP contribution in [0.1, 0.15) is 31.2 Å². The van der Waals surface area contributed by atoms with Gasteiger partial charge in [0.1, 0.15) is 0 Å². The van der Waals surface area contributed by atoms with Gasteiger partial charge in [-0.15, -0.1) is 0 Å². The van der Waals surface area contributed by atoms with Crippen molar-refractivity contribution in [3.63, 3.8) is 0 Å². The zero-order valence-electron chi connectivity index (χ0n) is 10.0. The minimum Gasteiger partial charge on any atom is -0.321 e. The van der Waals surface area contributed by atoms with Crippen molar-refractivity contribution in [3.05, 3.63) is 39.7 Å². The number of nitro benzene ring substituents is 1. The molecule has 2 rings (SSSR count). The Balaban J connectivity index is 2.37. The van der Waals surface area contributed by atoms with Crippen LogP contribution in [-0.4, -0.2) is 10.8 Å². The predicted molar refractivity (Wildman–Crippen MR) is 62.3 cm³/mol. The van der Waals surface area contributed by atoms with Crippen molar-refractivity contribution in [2.45, 2.75) is 37.1 Å². The van der Waals surface area contributed by atoms with Crippen LogP contribution in [0, 0.1) is 15.9 Å². The summed E-state index contributed by atoms with van der Waals surface area (Å²) >= 11 is 0. The highest BCUT2D eigenvalue weighted by Crippen LogP contribution is 2.43. The lowest BCUT2D eigenvalue weighted by Gasteiger charge is -2.37. The average molecular weight is 274 g/mol. The molecule has 19 heavy (non-hydrogen) atoms. The largest absolute Gasteiger partial charge is 0.321 e. The van der Waals surface area contributed by atoms with Crippen molar-refractivity contribution in [3.8, 4) is 0 Å². The van der Waals surface area contributed by atoms with Crippen LogP contribution in [0.4, 0.5) is 18.9 Å². The SMILES string of the molecule is NC1(c2cccc([N+](=O)[O-])c2F)CCC(F)(F)CC1. The summed E-state index contributed by atoms with van der Waals surface area (Å²) < 4.78 is 40.3. The first-order chi connectivity index (χ1) is 8.75. The van der Waals surface area contributed by atoms with Crippen LogP contribution in [0.2, 0.25) is 0 Å². The van der Waals surface area contributed by atoms with E-state index in [9.17, 15) is 23.3 Å². The molecule has 0 saturated heterocycles. The van der Waals surface area contributed by atoms with Gasteiger partial charge in [0.15, 0.2) is 0 Å². The van der Waals surface area contributed by atoms with Crippen LogP contribution in [0.5, 0.6) is 0 Å². The molecule has 2 N–H and O–H groups in total. The van der Waals surface area contributed by atoms with Crippen LogP contribution >= 0.6 is 0 Å². The van der Waals surface area contributed by atoms with Crippen molar-refractivity contribution in [1.29, 1.82) is 0 Å². The predicted octanol–water partition coefficient (Wildman–Crippen LogP) is 3.10. The molecule has 1 aromatic carbocycles. The molecule has 1 aliphatic rings. The van der Waals surface area contributed by atoms with E-state index in [1.165, 1.54) is 12.1 Å². The van der Waals surface area contributed by atoms with E-state index in [0.717, 1.165) is 6.07 Å². The van der Waals surface area contributed by atoms with Gasteiger partial charge in [0.25, 0.3) is 0 Å². The minimum atomic E-state index is -2.79. The van der Waals surface area contributed by atoms with Gasteiger partial charge in [-0.2, -0.15) is 4.39 Å². The normalized spacial score (nSPS) is 21.1. The van der Waals surface area contributed by atoms with Crippen LogP contribution in [0.15, 0.2) is 18.2 Å². The zero-order chi connectivity index (χ0) is 14.3. The van der Waals surface area contributed by atoms with Gasteiger partial charge >= 0.3 is 5.69 Å². The van der Waals surface area contributed by atoms with E-state index in [1.807, 2.05) is 0 Å². The summed E-state index contributed by atoms with van der Waals surface area (Å²) in [4.78, 5) is 9.82. The molecule has 0 bridgehead atoms. The number of hydrogen-bond acceptors (Lipinski definition) is 3. The standard InChI is InChI=1S/C12H13F3N2O2/c13-10-8(2-1-3-9(10)17(18)19)11(16)4-6-12(14,15)7-5-11/h1-3H,4-7,16H2. The Bertz CT molecular complexity index is 510. The van der Waals surface area contributed by atoms with Gasteiger partial charge < -0.3 is 5.73 Å². The average Bonchev–Trinajstić information content (AvgIpc) is 2.33. The third-order valence-electron chi connectivity index (χ3n) is 3.59. The van der Waals surface area contributed by atoms with Crippen molar-refractivity contribution < 1.29 is 18.1 Å². The van der Waals surface area contributed by atoms with Gasteiger partial charge in [-0.25, -0.2) is 8.78 Å². The summed E-state index contributed by atoms with van der Waals surface area (Å²) in [6.45, 7) is 0. The highest BCUT2D eigenvalue weighted by Gasteiger charge is 2.44. The van der Waals surface area contributed by atoms with Gasteiger partial charge in [-0.1, -0.05) is 12.1 Å². The van der Waals surface area contributed by atoms with Crippen molar-refractivity contribution >= 4 is 5.69 Å². The van der Waals surface area contributed by atoms with Crippen molar-refractivity contribution in [1.82, 2.24) is 0 Å². The van der Waals surface area contributed by atoms with E-state index in [2.05, 4.69) is 0 Å². The third-order valence-corrected chi connectivity index (χ3v) is 3.59. The fourth-order valence-corrected chi connectivity index (χ4v) is 2.38. The highest BCUT2D eigenvalue weighted by atomic mass is 19.3. The number of nitrogens with zero attached hydrogens (tertiary/aromatic N) is 1. The molecule has 0 heterocycles. The number of benzene rings is 1. The summed E-state index contributed by atoms with van der Waals surface area (Å²) in [5.74, 6) is -3.82. The second-order valence-corrected chi connectivity index (χ2v) is 4.91. The third kappa shape index (κ3) is 2.56. The summed E-state index contributed by atoms with van der Waals surface area (Å²) in [7, 11) is 0. The molecule has 4 nitrogen and oxygen atoms in total. The molecule has 1 aromatic rings. The highest BCUT2D eigenvalue weighted by molar-refractivity contribution is 5.40. The van der Waals surface area contributed by atoms with E-state index in [1.54, 1.807) is 0 Å². The van der Waals surface area contributed by atoms with E-state index < -0.39 is 40.7 Å². The van der Waals surface area contributed by atoms with Crippen molar-refractivity contribution in [2.24, 2.45) is 5.73 Å². The molecule has 0 aliphatic heterocycles. The van der Waals surface area contributed by atoms with Crippen molar-refractivity contribution in [2.75, 3.05) is 0 Å². The molecule has 1 aliphatic carbocycles. The van der Waals surface area contributed by atoms with E-state index in [4.69, 9.17) is 5.73 Å². The van der Waals surface area contributed by atoms with Gasteiger partial charge in [0.05, 0.1) is 4.92 Å². The van der Waals surface area contributed by atoms with E-state index in [0.29, 0.717) is 0 Å². The lowest BCUT2D eigenvalue weighted by molar-refractivity contribution is -0.387. The maximum absolute atomic E-state index is 14.0. The maximum Gasteiger partial charge on any atom is 0.305 e. The van der Waals surface area contributed by atoms with E-state index in [-0.39, 0.29) is 18.4 Å². The van der Waals surface area contributed by atoms with Gasteiger partial charge in [0.2, 0.25) is 11.7 Å². The number of nitrogens with two attached hydrogens (primary N) is 1. The first-order valence-electron chi connectivity index (χ1n) is 5.85. The fraction of sp³-hybridized carbons (Fsp3) is 0.500. The Hall–Kier alpha value is -1.63. The molecule has 0 spiro atoms. The number of hydrogen-bond donors (Lipinski definition) is 1. The minimum absolute atomic E-state index is 0.0581. The molecule has 0 aromatic heterocycles. The first-order valence-corrected chi connectivity index (χ1v) is 5.85. The molecule has 1 saturated carbocycles. The second kappa shape index (κ2) is 4.48. The van der Waals surface area contributed by atoms with E-state index >= 15 is 0 Å². The molecule has 0 amide bonds. The Morgan fingerprint density at radius 3 is 2.32 bits per heavy atom. The molecule has 0 atom stereocenters. The molecule has 1 fully saturated rings. The number of halogens is 3. The summed E-state index contributed by atoms with van der Waals surface area (Å²) in [6.07, 6.45) is -1.08. The zero-order valence-corrected chi connectivity index (χ0v) is 10.0. The maximum atomic E-state index is 14.0. The monoisotopic (exact) mass is 274 g/mol. The van der Waals surface area contributed by atoms with Gasteiger partial charge in [-0.05, 0) is 12.8 Å². The first kappa shape index (κ1) is 13.8. The number of rotatable bonds is 2. The smallest absolute Gasteiger partial charge is 0.305 e. The number of nitro groups is 1. The molecule has 0 unspecified atom stereocenters. The Labute approximate surface area is 107 Å². The Morgan fingerprint density at radius 1 is 1.21 bits per heavy atom. The molecule has 0 radical (unpaired) electrons. The summed E-state index contributed by atoms with van der Waals surface area (Å²) in [5.41, 5.74) is 3.97. The fourth-order valence-electron chi connectivity index (χ4n) is 2.38. The lowest BCUT2D eigenvalue weighted by atomic mass is 9.76. The molecular formula is C12H13F3N2O2. The topological polar surface area (TPSA) is 69.2 Å². The molecule has 7 heteroatoms. The molecule has 104 valence electrons. The van der Waals surface area contributed by atoms with Crippen LogP contribution < -0.4 is 5.73 Å². The summed E-state index contributed by atoms with van der Waals surface area (Å²) in [5, 5.41) is 10.7. The van der Waals surface area contributed by atoms with Crippen LogP contribution in [0.25, 0.3) is 0 Å². The lowest BCUT2D eigenvalue weighted by Crippen LogP contribution is -2.44. The second-order valence-electron chi connectivity index (χ2n) is 4.91. The van der Waals surface area contributed by atoms with Gasteiger partial charge in [-0.3, -0.25) is 10.1 Å². The Morgan fingerprint density at radius 2 is 1.79 bits per heavy atom. The summed E-state index contributed by atoms with van der Waals surface area (Å²) in [6, 6.07) is 3.67. The molecular weight excluding hydrogens is 261 g/mol. The van der Waals surface area contributed by atoms with Gasteiger partial charge in [0, 0.05) is 30.0 Å². The number of alkyl halides is 2. The Kier molecular flexibility index (Phi) is 3.25. The van der Waals surface area contributed by atoms with Crippen LogP contribution in [-0.2, 0) is 5.54 Å². The van der Waals surface area contributed by atoms with Crippen LogP contribution in [0.3, 0.4) is 0 Å². The quantitative estimate of drug-likeness (QED) is 0.665.